The summed E-state index contributed by atoms with van der Waals surface area (Å²) in [5, 5.41) is 20.0. The van der Waals surface area contributed by atoms with Crippen molar-refractivity contribution in [3.63, 3.8) is 0 Å². The van der Waals surface area contributed by atoms with Crippen molar-refractivity contribution >= 4 is 34.0 Å². The predicted octanol–water partition coefficient (Wildman–Crippen LogP) is 3.73. The standard InChI is InChI=1S/C24H22N6O4/c1-16-14-23(29(27-16)22-9-7-17-4-2-3-5-19(17)25-22)26-24(31)18-6-8-20(21(15-18)30(32)33)28-10-12-34-13-11-28/h2-9,14-15H,10-13H2,1H3,(H,26,31). The van der Waals surface area contributed by atoms with Gasteiger partial charge in [0.2, 0.25) is 0 Å². The molecule has 0 aliphatic carbocycles. The molecule has 1 saturated heterocycles. The number of nitrogens with zero attached hydrogens (tertiary/aromatic N) is 5. The largest absolute Gasteiger partial charge is 0.378 e. The topological polar surface area (TPSA) is 115 Å². The third kappa shape index (κ3) is 4.18. The molecule has 0 bridgehead atoms. The molecule has 10 heteroatoms. The fourth-order valence-corrected chi connectivity index (χ4v) is 4.01. The Balaban J connectivity index is 1.44. The summed E-state index contributed by atoms with van der Waals surface area (Å²) in [6.07, 6.45) is 0. The lowest BCUT2D eigenvalue weighted by Crippen LogP contribution is -2.36. The Bertz CT molecular complexity index is 1390. The van der Waals surface area contributed by atoms with E-state index in [1.807, 2.05) is 48.2 Å². The third-order valence-electron chi connectivity index (χ3n) is 5.66. The molecule has 2 aromatic heterocycles. The van der Waals surface area contributed by atoms with E-state index in [1.54, 1.807) is 22.9 Å². The molecule has 3 heterocycles. The number of anilines is 2. The van der Waals surface area contributed by atoms with E-state index in [9.17, 15) is 14.9 Å². The molecule has 0 unspecified atom stereocenters. The van der Waals surface area contributed by atoms with Gasteiger partial charge in [-0.2, -0.15) is 9.78 Å². The average Bonchev–Trinajstić information content (AvgIpc) is 3.23. The number of nitro benzene ring substituents is 1. The number of fused-ring (bicyclic) bond motifs is 1. The second-order valence-corrected chi connectivity index (χ2v) is 7.96. The Morgan fingerprint density at radius 1 is 1.09 bits per heavy atom. The van der Waals surface area contributed by atoms with Crippen molar-refractivity contribution in [1.82, 2.24) is 14.8 Å². The van der Waals surface area contributed by atoms with Gasteiger partial charge < -0.3 is 15.0 Å². The van der Waals surface area contributed by atoms with Gasteiger partial charge in [-0.15, -0.1) is 0 Å². The van der Waals surface area contributed by atoms with E-state index in [0.717, 1.165) is 10.9 Å². The normalized spacial score (nSPS) is 13.7. The van der Waals surface area contributed by atoms with Crippen molar-refractivity contribution in [2.45, 2.75) is 6.92 Å². The SMILES string of the molecule is Cc1cc(NC(=O)c2ccc(N3CCOCC3)c([N+](=O)[O-])c2)n(-c2ccc3ccccc3n2)n1. The van der Waals surface area contributed by atoms with Gasteiger partial charge in [0.15, 0.2) is 5.82 Å². The lowest BCUT2D eigenvalue weighted by Gasteiger charge is -2.28. The van der Waals surface area contributed by atoms with E-state index >= 15 is 0 Å². The van der Waals surface area contributed by atoms with Crippen molar-refractivity contribution in [3.8, 4) is 5.82 Å². The van der Waals surface area contributed by atoms with Crippen LogP contribution in [0.5, 0.6) is 0 Å². The van der Waals surface area contributed by atoms with Crippen LogP contribution in [0.25, 0.3) is 16.7 Å². The highest BCUT2D eigenvalue weighted by molar-refractivity contribution is 6.05. The minimum absolute atomic E-state index is 0.115. The van der Waals surface area contributed by atoms with Crippen LogP contribution >= 0.6 is 0 Å². The van der Waals surface area contributed by atoms with E-state index in [4.69, 9.17) is 4.74 Å². The number of amides is 1. The van der Waals surface area contributed by atoms with Crippen LogP contribution in [0.15, 0.2) is 60.7 Å². The minimum Gasteiger partial charge on any atom is -0.378 e. The van der Waals surface area contributed by atoms with E-state index in [2.05, 4.69) is 15.4 Å². The van der Waals surface area contributed by atoms with Gasteiger partial charge >= 0.3 is 0 Å². The van der Waals surface area contributed by atoms with Crippen LogP contribution in [-0.4, -0.2) is 51.9 Å². The third-order valence-corrected chi connectivity index (χ3v) is 5.66. The summed E-state index contributed by atoms with van der Waals surface area (Å²) < 4.78 is 6.89. The zero-order valence-corrected chi connectivity index (χ0v) is 18.5. The van der Waals surface area contributed by atoms with E-state index in [0.29, 0.717) is 49.3 Å². The zero-order valence-electron chi connectivity index (χ0n) is 18.5. The molecule has 0 spiro atoms. The first-order valence-corrected chi connectivity index (χ1v) is 10.8. The number of rotatable bonds is 5. The molecule has 1 N–H and O–H groups in total. The fraction of sp³-hybridized carbons (Fsp3) is 0.208. The predicted molar refractivity (Wildman–Crippen MR) is 128 cm³/mol. The molecule has 2 aromatic carbocycles. The molecule has 0 saturated carbocycles. The van der Waals surface area contributed by atoms with Gasteiger partial charge in [0.05, 0.1) is 29.3 Å². The van der Waals surface area contributed by atoms with Crippen molar-refractivity contribution in [1.29, 1.82) is 0 Å². The first kappa shape index (κ1) is 21.5. The Morgan fingerprint density at radius 2 is 1.88 bits per heavy atom. The summed E-state index contributed by atoms with van der Waals surface area (Å²) in [5.41, 5.74) is 2.04. The van der Waals surface area contributed by atoms with Crippen LogP contribution in [0, 0.1) is 17.0 Å². The van der Waals surface area contributed by atoms with Crippen molar-refractivity contribution in [3.05, 3.63) is 82.0 Å². The van der Waals surface area contributed by atoms with Gasteiger partial charge in [-0.25, -0.2) is 4.98 Å². The highest BCUT2D eigenvalue weighted by Gasteiger charge is 2.24. The van der Waals surface area contributed by atoms with Crippen molar-refractivity contribution in [2.75, 3.05) is 36.5 Å². The summed E-state index contributed by atoms with van der Waals surface area (Å²) in [5.74, 6) is 0.500. The molecule has 1 aliphatic heterocycles. The number of hydrogen-bond acceptors (Lipinski definition) is 7. The number of benzene rings is 2. The maximum Gasteiger partial charge on any atom is 0.293 e. The smallest absolute Gasteiger partial charge is 0.293 e. The number of para-hydroxylation sites is 1. The molecule has 5 rings (SSSR count). The number of morpholine rings is 1. The first-order valence-electron chi connectivity index (χ1n) is 10.8. The second kappa shape index (κ2) is 8.91. The van der Waals surface area contributed by atoms with Gasteiger partial charge in [0.1, 0.15) is 11.5 Å². The first-order chi connectivity index (χ1) is 16.5. The zero-order chi connectivity index (χ0) is 23.7. The van der Waals surface area contributed by atoms with Gasteiger partial charge in [-0.3, -0.25) is 14.9 Å². The average molecular weight is 458 g/mol. The van der Waals surface area contributed by atoms with Crippen molar-refractivity contribution < 1.29 is 14.5 Å². The lowest BCUT2D eigenvalue weighted by atomic mass is 10.1. The van der Waals surface area contributed by atoms with Gasteiger partial charge in [-0.05, 0) is 37.3 Å². The summed E-state index contributed by atoms with van der Waals surface area (Å²) in [6, 6.07) is 17.7. The molecule has 4 aromatic rings. The van der Waals surface area contributed by atoms with Crippen LogP contribution in [0.2, 0.25) is 0 Å². The quantitative estimate of drug-likeness (QED) is 0.358. The van der Waals surface area contributed by atoms with Crippen LogP contribution < -0.4 is 10.2 Å². The Kier molecular flexibility index (Phi) is 5.64. The van der Waals surface area contributed by atoms with Gasteiger partial charge in [0.25, 0.3) is 11.6 Å². The summed E-state index contributed by atoms with van der Waals surface area (Å²) in [7, 11) is 0. The fourth-order valence-electron chi connectivity index (χ4n) is 4.01. The summed E-state index contributed by atoms with van der Waals surface area (Å²) in [6.45, 7) is 3.94. The van der Waals surface area contributed by atoms with Crippen LogP contribution in [0.3, 0.4) is 0 Å². The molecule has 1 fully saturated rings. The minimum atomic E-state index is -0.474. The number of nitro groups is 1. The molecular weight excluding hydrogens is 436 g/mol. The number of pyridine rings is 1. The Morgan fingerprint density at radius 3 is 2.68 bits per heavy atom. The number of carbonyl (C=O) groups is 1. The van der Waals surface area contributed by atoms with Gasteiger partial charge in [-0.1, -0.05) is 18.2 Å². The summed E-state index contributed by atoms with van der Waals surface area (Å²) in [4.78, 5) is 30.9. The number of aryl methyl sites for hydroxylation is 1. The highest BCUT2D eigenvalue weighted by Crippen LogP contribution is 2.30. The van der Waals surface area contributed by atoms with Gasteiger partial charge in [0, 0.05) is 36.2 Å². The molecule has 1 amide bonds. The highest BCUT2D eigenvalue weighted by atomic mass is 16.6. The number of nitrogens with one attached hydrogen (secondary N) is 1. The van der Waals surface area contributed by atoms with E-state index in [-0.39, 0.29) is 11.3 Å². The molecular formula is C24H22N6O4. The van der Waals surface area contributed by atoms with E-state index in [1.165, 1.54) is 6.07 Å². The van der Waals surface area contributed by atoms with Crippen LogP contribution in [0.4, 0.5) is 17.2 Å². The van der Waals surface area contributed by atoms with Crippen LogP contribution in [-0.2, 0) is 4.74 Å². The molecule has 34 heavy (non-hydrogen) atoms. The Hall–Kier alpha value is -4.31. The molecule has 0 atom stereocenters. The number of ether oxygens (including phenoxy) is 1. The number of aromatic nitrogens is 3. The second-order valence-electron chi connectivity index (χ2n) is 7.96. The maximum atomic E-state index is 13.1. The monoisotopic (exact) mass is 458 g/mol. The maximum absolute atomic E-state index is 13.1. The van der Waals surface area contributed by atoms with Crippen molar-refractivity contribution in [2.24, 2.45) is 0 Å². The number of hydrogen-bond donors (Lipinski definition) is 1. The Labute approximate surface area is 194 Å². The van der Waals surface area contributed by atoms with E-state index < -0.39 is 10.8 Å². The molecule has 0 radical (unpaired) electrons. The van der Waals surface area contributed by atoms with Crippen LogP contribution in [0.1, 0.15) is 16.1 Å². The molecule has 10 nitrogen and oxygen atoms in total. The lowest BCUT2D eigenvalue weighted by molar-refractivity contribution is -0.384. The molecule has 1 aliphatic rings. The molecule has 172 valence electrons. The summed E-state index contributed by atoms with van der Waals surface area (Å²) >= 11 is 0. The number of carbonyl (C=O) groups excluding carboxylic acids is 1.